The van der Waals surface area contributed by atoms with Gasteiger partial charge in [-0.05, 0) is 30.2 Å². The lowest BCUT2D eigenvalue weighted by Crippen LogP contribution is -2.40. The van der Waals surface area contributed by atoms with Gasteiger partial charge in [-0.2, -0.15) is 0 Å². The molecule has 1 aliphatic heterocycles. The maximum absolute atomic E-state index is 5.32. The Labute approximate surface area is 135 Å². The minimum Gasteiger partial charge on any atom is -0.467 e. The van der Waals surface area contributed by atoms with Gasteiger partial charge in [-0.3, -0.25) is 4.99 Å². The van der Waals surface area contributed by atoms with Gasteiger partial charge in [-0.1, -0.05) is 18.2 Å². The number of rotatable bonds is 2. The summed E-state index contributed by atoms with van der Waals surface area (Å²) in [6.07, 6.45) is 2.75. The summed E-state index contributed by atoms with van der Waals surface area (Å²) in [7, 11) is 1.81. The number of hydrogen-bond donors (Lipinski definition) is 1. The van der Waals surface area contributed by atoms with Crippen molar-refractivity contribution in [3.05, 3.63) is 54.0 Å². The monoisotopic (exact) mass is 383 g/mol. The molecule has 2 aromatic rings. The minimum absolute atomic E-state index is 0. The molecule has 5 heteroatoms. The Hall–Kier alpha value is -1.50. The number of guanidine groups is 1. The van der Waals surface area contributed by atoms with Crippen LogP contribution >= 0.6 is 24.0 Å². The molecular formula is C15H18IN3O. The van der Waals surface area contributed by atoms with E-state index >= 15 is 0 Å². The van der Waals surface area contributed by atoms with E-state index in [1.54, 1.807) is 6.26 Å². The average Bonchev–Trinajstić information content (AvgIpc) is 3.09. The zero-order valence-corrected chi connectivity index (χ0v) is 13.7. The summed E-state index contributed by atoms with van der Waals surface area (Å²) in [6, 6.07) is 12.3. The number of para-hydroxylation sites is 1. The third-order valence-corrected chi connectivity index (χ3v) is 3.36. The lowest BCUT2D eigenvalue weighted by atomic mass is 10.2. The van der Waals surface area contributed by atoms with E-state index in [2.05, 4.69) is 39.5 Å². The molecule has 0 bridgehead atoms. The number of aliphatic imine (C=N–C) groups is 1. The van der Waals surface area contributed by atoms with Crippen LogP contribution in [0.3, 0.4) is 0 Å². The topological polar surface area (TPSA) is 40.8 Å². The van der Waals surface area contributed by atoms with E-state index in [0.717, 1.165) is 24.7 Å². The van der Waals surface area contributed by atoms with Gasteiger partial charge >= 0.3 is 0 Å². The van der Waals surface area contributed by atoms with Crippen molar-refractivity contribution in [3.8, 4) is 0 Å². The largest absolute Gasteiger partial charge is 0.467 e. The normalized spacial score (nSPS) is 13.8. The van der Waals surface area contributed by atoms with E-state index in [9.17, 15) is 0 Å². The van der Waals surface area contributed by atoms with Crippen molar-refractivity contribution in [1.29, 1.82) is 0 Å². The van der Waals surface area contributed by atoms with E-state index in [0.29, 0.717) is 6.54 Å². The number of hydrogen-bond acceptors (Lipinski definition) is 2. The summed E-state index contributed by atoms with van der Waals surface area (Å²) >= 11 is 0. The van der Waals surface area contributed by atoms with Crippen molar-refractivity contribution in [2.45, 2.75) is 13.0 Å². The summed E-state index contributed by atoms with van der Waals surface area (Å²) in [6.45, 7) is 1.62. The fourth-order valence-electron chi connectivity index (χ4n) is 2.43. The van der Waals surface area contributed by atoms with Crippen molar-refractivity contribution >= 4 is 35.6 Å². The Morgan fingerprint density at radius 2 is 2.15 bits per heavy atom. The van der Waals surface area contributed by atoms with Crippen LogP contribution in [0.15, 0.2) is 52.1 Å². The molecule has 4 nitrogen and oxygen atoms in total. The molecule has 0 amide bonds. The third kappa shape index (κ3) is 2.98. The summed E-state index contributed by atoms with van der Waals surface area (Å²) in [5.74, 6) is 1.80. The smallest absolute Gasteiger partial charge is 0.198 e. The molecule has 0 saturated carbocycles. The summed E-state index contributed by atoms with van der Waals surface area (Å²) in [4.78, 5) is 6.58. The van der Waals surface area contributed by atoms with Crippen molar-refractivity contribution in [1.82, 2.24) is 5.32 Å². The molecule has 0 radical (unpaired) electrons. The summed E-state index contributed by atoms with van der Waals surface area (Å²) < 4.78 is 5.32. The van der Waals surface area contributed by atoms with E-state index in [-0.39, 0.29) is 24.0 Å². The van der Waals surface area contributed by atoms with Crippen molar-refractivity contribution in [2.75, 3.05) is 18.5 Å². The van der Waals surface area contributed by atoms with Crippen LogP contribution < -0.4 is 10.2 Å². The second kappa shape index (κ2) is 6.78. The zero-order valence-electron chi connectivity index (χ0n) is 11.4. The van der Waals surface area contributed by atoms with Crippen LogP contribution in [-0.2, 0) is 13.0 Å². The second-order valence-electron chi connectivity index (χ2n) is 4.51. The van der Waals surface area contributed by atoms with Gasteiger partial charge in [0.15, 0.2) is 5.96 Å². The highest BCUT2D eigenvalue weighted by Gasteiger charge is 2.22. The van der Waals surface area contributed by atoms with Gasteiger partial charge in [0.2, 0.25) is 0 Å². The summed E-state index contributed by atoms with van der Waals surface area (Å²) in [5.41, 5.74) is 2.62. The molecule has 0 atom stereocenters. The van der Waals surface area contributed by atoms with Crippen LogP contribution in [0.4, 0.5) is 5.69 Å². The van der Waals surface area contributed by atoms with Gasteiger partial charge in [0.1, 0.15) is 5.76 Å². The molecule has 3 rings (SSSR count). The molecule has 0 fully saturated rings. The summed E-state index contributed by atoms with van der Waals surface area (Å²) in [5, 5.41) is 3.34. The fraction of sp³-hybridized carbons (Fsp3) is 0.267. The predicted molar refractivity (Wildman–Crippen MR) is 91.8 cm³/mol. The second-order valence-corrected chi connectivity index (χ2v) is 4.51. The van der Waals surface area contributed by atoms with Crippen LogP contribution in [0.5, 0.6) is 0 Å². The van der Waals surface area contributed by atoms with E-state index in [1.165, 1.54) is 11.3 Å². The average molecular weight is 383 g/mol. The zero-order chi connectivity index (χ0) is 13.1. The molecule has 1 aromatic carbocycles. The number of halogens is 1. The number of furan rings is 1. The Morgan fingerprint density at radius 3 is 2.90 bits per heavy atom. The molecule has 0 saturated heterocycles. The van der Waals surface area contributed by atoms with Crippen LogP contribution in [0.2, 0.25) is 0 Å². The first-order valence-electron chi connectivity index (χ1n) is 6.47. The number of nitrogens with one attached hydrogen (secondary N) is 1. The van der Waals surface area contributed by atoms with Gasteiger partial charge in [0.25, 0.3) is 0 Å². The van der Waals surface area contributed by atoms with Gasteiger partial charge in [0.05, 0.1) is 12.8 Å². The van der Waals surface area contributed by atoms with E-state index in [4.69, 9.17) is 4.42 Å². The molecule has 0 spiro atoms. The third-order valence-electron chi connectivity index (χ3n) is 3.36. The first kappa shape index (κ1) is 14.9. The van der Waals surface area contributed by atoms with Gasteiger partial charge in [-0.15, -0.1) is 24.0 Å². The van der Waals surface area contributed by atoms with Crippen LogP contribution in [0, 0.1) is 0 Å². The lowest BCUT2D eigenvalue weighted by molar-refractivity contribution is 0.502. The van der Waals surface area contributed by atoms with Gasteiger partial charge in [0, 0.05) is 19.3 Å². The molecule has 20 heavy (non-hydrogen) atoms. The molecular weight excluding hydrogens is 365 g/mol. The van der Waals surface area contributed by atoms with Crippen molar-refractivity contribution in [3.63, 3.8) is 0 Å². The molecule has 0 aliphatic carbocycles. The molecule has 106 valence electrons. The fourth-order valence-corrected chi connectivity index (χ4v) is 2.43. The van der Waals surface area contributed by atoms with Crippen LogP contribution in [0.1, 0.15) is 11.3 Å². The van der Waals surface area contributed by atoms with Crippen molar-refractivity contribution in [2.24, 2.45) is 4.99 Å². The predicted octanol–water partition coefficient (Wildman–Crippen LogP) is 3.04. The molecule has 2 heterocycles. The number of nitrogens with zero attached hydrogens (tertiary/aromatic N) is 2. The highest BCUT2D eigenvalue weighted by Crippen LogP contribution is 2.27. The highest BCUT2D eigenvalue weighted by molar-refractivity contribution is 14.0. The van der Waals surface area contributed by atoms with Crippen molar-refractivity contribution < 1.29 is 4.42 Å². The van der Waals surface area contributed by atoms with Gasteiger partial charge < -0.3 is 14.6 Å². The first-order valence-corrected chi connectivity index (χ1v) is 6.47. The number of anilines is 1. The maximum atomic E-state index is 5.32. The SMILES string of the molecule is CN=C(NCc1ccco1)N1CCc2ccccc21.I. The Morgan fingerprint density at radius 1 is 1.30 bits per heavy atom. The first-order chi connectivity index (χ1) is 9.38. The maximum Gasteiger partial charge on any atom is 0.198 e. The van der Waals surface area contributed by atoms with Crippen LogP contribution in [0.25, 0.3) is 0 Å². The highest BCUT2D eigenvalue weighted by atomic mass is 127. The Bertz CT molecular complexity index is 581. The molecule has 0 unspecified atom stereocenters. The quantitative estimate of drug-likeness (QED) is 0.493. The van der Waals surface area contributed by atoms with Crippen LogP contribution in [-0.4, -0.2) is 19.6 Å². The Balaban J connectivity index is 0.00000147. The number of fused-ring (bicyclic) bond motifs is 1. The standard InChI is InChI=1S/C15H17N3O.HI/c1-16-15(17-11-13-6-4-10-19-13)18-9-8-12-5-2-3-7-14(12)18;/h2-7,10H,8-9,11H2,1H3,(H,16,17);1H. The lowest BCUT2D eigenvalue weighted by Gasteiger charge is -2.21. The number of benzene rings is 1. The van der Waals surface area contributed by atoms with E-state index in [1.807, 2.05) is 19.2 Å². The Kier molecular flexibility index (Phi) is 5.05. The molecule has 1 N–H and O–H groups in total. The van der Waals surface area contributed by atoms with E-state index < -0.39 is 0 Å². The molecule has 1 aliphatic rings. The minimum atomic E-state index is 0. The molecule has 1 aromatic heterocycles. The van der Waals surface area contributed by atoms with Gasteiger partial charge in [-0.25, -0.2) is 0 Å².